The number of anilines is 1. The van der Waals surface area contributed by atoms with Gasteiger partial charge in [-0.05, 0) is 51.0 Å². The van der Waals surface area contributed by atoms with Crippen LogP contribution in [0.4, 0.5) is 5.69 Å². The number of benzene rings is 1. The molecule has 1 heterocycles. The molecule has 0 radical (unpaired) electrons. The molecule has 0 aliphatic rings. The molecule has 2 aromatic rings. The number of nitrogens with one attached hydrogen (secondary N) is 1. The van der Waals surface area contributed by atoms with E-state index in [0.29, 0.717) is 17.9 Å². The maximum Gasteiger partial charge on any atom is 0.246 e. The minimum Gasteiger partial charge on any atom is -0.326 e. The van der Waals surface area contributed by atoms with Gasteiger partial charge in [-0.15, -0.1) is 0 Å². The number of nitrogens with zero attached hydrogens (tertiary/aromatic N) is 3. The molecular formula is C18H26N4O3S. The van der Waals surface area contributed by atoms with Crippen molar-refractivity contribution in [2.24, 2.45) is 0 Å². The molecule has 2 rings (SSSR count). The summed E-state index contributed by atoms with van der Waals surface area (Å²) in [4.78, 5) is 12.4. The van der Waals surface area contributed by atoms with E-state index in [9.17, 15) is 13.2 Å². The first-order valence-electron chi connectivity index (χ1n) is 8.37. The zero-order chi connectivity index (χ0) is 19.6. The van der Waals surface area contributed by atoms with E-state index >= 15 is 0 Å². The molecule has 1 aromatic carbocycles. The highest BCUT2D eigenvalue weighted by molar-refractivity contribution is 7.89. The summed E-state index contributed by atoms with van der Waals surface area (Å²) >= 11 is 0. The Morgan fingerprint density at radius 2 is 1.69 bits per heavy atom. The Morgan fingerprint density at radius 3 is 2.23 bits per heavy atom. The van der Waals surface area contributed by atoms with E-state index in [1.165, 1.54) is 18.4 Å². The summed E-state index contributed by atoms with van der Waals surface area (Å²) in [6.07, 6.45) is 0.205. The van der Waals surface area contributed by atoms with Gasteiger partial charge >= 0.3 is 0 Å². The van der Waals surface area contributed by atoms with Gasteiger partial charge in [0, 0.05) is 26.2 Å². The van der Waals surface area contributed by atoms with Crippen LogP contribution in [0.25, 0.3) is 0 Å². The van der Waals surface area contributed by atoms with Crippen molar-refractivity contribution in [2.75, 3.05) is 19.4 Å². The van der Waals surface area contributed by atoms with Crippen LogP contribution >= 0.6 is 0 Å². The lowest BCUT2D eigenvalue weighted by Gasteiger charge is -2.12. The Labute approximate surface area is 155 Å². The molecule has 0 saturated carbocycles. The third kappa shape index (κ3) is 4.31. The van der Waals surface area contributed by atoms with Gasteiger partial charge in [-0.2, -0.15) is 5.10 Å². The number of aryl methyl sites for hydroxylation is 4. The third-order valence-corrected chi connectivity index (χ3v) is 6.18. The van der Waals surface area contributed by atoms with Crippen LogP contribution in [0.2, 0.25) is 0 Å². The van der Waals surface area contributed by atoms with Crippen molar-refractivity contribution in [3.8, 4) is 0 Å². The van der Waals surface area contributed by atoms with E-state index in [1.807, 2.05) is 32.0 Å². The molecule has 0 aliphatic heterocycles. The lowest BCUT2D eigenvalue weighted by molar-refractivity contribution is -0.116. The summed E-state index contributed by atoms with van der Waals surface area (Å²) in [6, 6.07) is 5.87. The summed E-state index contributed by atoms with van der Waals surface area (Å²) in [7, 11) is -0.587. The predicted octanol–water partition coefficient (Wildman–Crippen LogP) is 2.40. The highest BCUT2D eigenvalue weighted by atomic mass is 32.2. The average Bonchev–Trinajstić information content (AvgIpc) is 2.78. The molecule has 7 nitrogen and oxygen atoms in total. The molecule has 0 saturated heterocycles. The summed E-state index contributed by atoms with van der Waals surface area (Å²) in [5.41, 5.74) is 3.90. The quantitative estimate of drug-likeness (QED) is 0.836. The fourth-order valence-corrected chi connectivity index (χ4v) is 4.19. The largest absolute Gasteiger partial charge is 0.326 e. The second-order valence-electron chi connectivity index (χ2n) is 6.69. The minimum absolute atomic E-state index is 0.139. The fraction of sp³-hybridized carbons (Fsp3) is 0.444. The van der Waals surface area contributed by atoms with E-state index < -0.39 is 10.0 Å². The monoisotopic (exact) mass is 378 g/mol. The second-order valence-corrected chi connectivity index (χ2v) is 8.77. The van der Waals surface area contributed by atoms with Crippen molar-refractivity contribution in [2.45, 2.75) is 45.6 Å². The van der Waals surface area contributed by atoms with Crippen LogP contribution in [-0.4, -0.2) is 42.5 Å². The smallest absolute Gasteiger partial charge is 0.246 e. The van der Waals surface area contributed by atoms with Gasteiger partial charge in [0.05, 0.1) is 17.9 Å². The van der Waals surface area contributed by atoms with Gasteiger partial charge in [-0.3, -0.25) is 9.48 Å². The molecule has 26 heavy (non-hydrogen) atoms. The summed E-state index contributed by atoms with van der Waals surface area (Å²) in [5, 5.41) is 7.17. The van der Waals surface area contributed by atoms with E-state index in [1.54, 1.807) is 18.5 Å². The van der Waals surface area contributed by atoms with Gasteiger partial charge in [0.2, 0.25) is 15.9 Å². The van der Waals surface area contributed by atoms with Crippen LogP contribution in [0.5, 0.6) is 0 Å². The van der Waals surface area contributed by atoms with Gasteiger partial charge in [0.25, 0.3) is 0 Å². The first kappa shape index (κ1) is 20.1. The van der Waals surface area contributed by atoms with E-state index in [4.69, 9.17) is 0 Å². The number of carbonyl (C=O) groups excluding carboxylic acids is 1. The molecule has 1 amide bonds. The summed E-state index contributed by atoms with van der Waals surface area (Å²) in [6.45, 7) is 7.64. The molecule has 0 aliphatic carbocycles. The average molecular weight is 378 g/mol. The standard InChI is InChI=1S/C18H26N4O3S/c1-12-9-13(2)11-16(10-12)19-17(23)7-8-22-15(4)18(14(3)20-22)26(24,25)21(5)6/h9-11H,7-8H2,1-6H3,(H,19,23). The van der Waals surface area contributed by atoms with Crippen molar-refractivity contribution in [1.29, 1.82) is 0 Å². The molecule has 0 fully saturated rings. The van der Waals surface area contributed by atoms with Gasteiger partial charge in [0.1, 0.15) is 4.90 Å². The number of hydrogen-bond acceptors (Lipinski definition) is 4. The highest BCUT2D eigenvalue weighted by Gasteiger charge is 2.26. The molecule has 8 heteroatoms. The van der Waals surface area contributed by atoms with Crippen LogP contribution in [0, 0.1) is 27.7 Å². The number of rotatable bonds is 6. The molecule has 0 spiro atoms. The zero-order valence-corrected chi connectivity index (χ0v) is 16.9. The molecular weight excluding hydrogens is 352 g/mol. The molecule has 0 unspecified atom stereocenters. The maximum absolute atomic E-state index is 12.4. The van der Waals surface area contributed by atoms with Crippen LogP contribution < -0.4 is 5.32 Å². The normalized spacial score (nSPS) is 11.8. The molecule has 1 N–H and O–H groups in total. The van der Waals surface area contributed by atoms with E-state index in [0.717, 1.165) is 16.8 Å². The SMILES string of the molecule is Cc1cc(C)cc(NC(=O)CCn2nc(C)c(S(=O)(=O)N(C)C)c2C)c1. The van der Waals surface area contributed by atoms with Crippen molar-refractivity contribution in [3.05, 3.63) is 40.7 Å². The van der Waals surface area contributed by atoms with Crippen LogP contribution in [0.1, 0.15) is 28.9 Å². The molecule has 1 aromatic heterocycles. The lowest BCUT2D eigenvalue weighted by Crippen LogP contribution is -2.23. The Balaban J connectivity index is 2.11. The van der Waals surface area contributed by atoms with Crippen molar-refractivity contribution >= 4 is 21.6 Å². The highest BCUT2D eigenvalue weighted by Crippen LogP contribution is 2.22. The first-order valence-corrected chi connectivity index (χ1v) is 9.81. The number of aromatic nitrogens is 2. The second kappa shape index (κ2) is 7.59. The Hall–Kier alpha value is -2.19. The Kier molecular flexibility index (Phi) is 5.87. The first-order chi connectivity index (χ1) is 12.0. The predicted molar refractivity (Wildman–Crippen MR) is 102 cm³/mol. The minimum atomic E-state index is -3.56. The number of sulfonamides is 1. The van der Waals surface area contributed by atoms with Crippen molar-refractivity contribution in [1.82, 2.24) is 14.1 Å². The Bertz CT molecular complexity index is 910. The number of hydrogen-bond donors (Lipinski definition) is 1. The van der Waals surface area contributed by atoms with Crippen LogP contribution in [0.3, 0.4) is 0 Å². The van der Waals surface area contributed by atoms with Gasteiger partial charge in [-0.1, -0.05) is 6.07 Å². The van der Waals surface area contributed by atoms with E-state index in [-0.39, 0.29) is 17.2 Å². The van der Waals surface area contributed by atoms with Gasteiger partial charge < -0.3 is 5.32 Å². The van der Waals surface area contributed by atoms with Gasteiger partial charge in [0.15, 0.2) is 0 Å². The van der Waals surface area contributed by atoms with E-state index in [2.05, 4.69) is 10.4 Å². The molecule has 142 valence electrons. The van der Waals surface area contributed by atoms with Crippen LogP contribution in [0.15, 0.2) is 23.1 Å². The fourth-order valence-electron chi connectivity index (χ4n) is 2.93. The summed E-state index contributed by atoms with van der Waals surface area (Å²) < 4.78 is 27.6. The number of amides is 1. The maximum atomic E-state index is 12.4. The molecule has 0 atom stereocenters. The zero-order valence-electron chi connectivity index (χ0n) is 16.1. The van der Waals surface area contributed by atoms with Crippen LogP contribution in [-0.2, 0) is 21.4 Å². The van der Waals surface area contributed by atoms with Gasteiger partial charge in [-0.25, -0.2) is 12.7 Å². The number of carbonyl (C=O) groups is 1. The third-order valence-electron chi connectivity index (χ3n) is 4.11. The Morgan fingerprint density at radius 1 is 1.12 bits per heavy atom. The topological polar surface area (TPSA) is 84.3 Å². The molecule has 0 bridgehead atoms. The lowest BCUT2D eigenvalue weighted by atomic mass is 10.1. The van der Waals surface area contributed by atoms with Crippen molar-refractivity contribution < 1.29 is 13.2 Å². The van der Waals surface area contributed by atoms with Crippen molar-refractivity contribution in [3.63, 3.8) is 0 Å². The summed E-state index contributed by atoms with van der Waals surface area (Å²) in [5.74, 6) is -0.139.